The fourth-order valence-electron chi connectivity index (χ4n) is 2.36. The van der Waals surface area contributed by atoms with E-state index in [2.05, 4.69) is 0 Å². The summed E-state index contributed by atoms with van der Waals surface area (Å²) in [5, 5.41) is 0.0266. The SMILES string of the molecule is C[C@@H](OC(=O)c1cc(S(=O)(=O)N(C)C)ccc1Cl)C(=O)N(C)c1ccccc1. The molecule has 0 radical (unpaired) electrons. The van der Waals surface area contributed by atoms with E-state index < -0.39 is 28.0 Å². The van der Waals surface area contributed by atoms with Crippen molar-refractivity contribution in [2.45, 2.75) is 17.9 Å². The number of ether oxygens (including phenoxy) is 1. The minimum atomic E-state index is -3.75. The lowest BCUT2D eigenvalue weighted by Crippen LogP contribution is -2.37. The molecule has 0 saturated heterocycles. The molecule has 2 rings (SSSR count). The van der Waals surface area contributed by atoms with Crippen LogP contribution in [0.4, 0.5) is 5.69 Å². The molecule has 0 fully saturated rings. The molecule has 0 spiro atoms. The number of carbonyl (C=O) groups is 2. The lowest BCUT2D eigenvalue weighted by molar-refractivity contribution is -0.126. The Bertz CT molecular complexity index is 977. The van der Waals surface area contributed by atoms with Gasteiger partial charge in [-0.15, -0.1) is 0 Å². The zero-order chi connectivity index (χ0) is 21.1. The lowest BCUT2D eigenvalue weighted by Gasteiger charge is -2.21. The van der Waals surface area contributed by atoms with Crippen LogP contribution in [0.5, 0.6) is 0 Å². The molecule has 2 aromatic carbocycles. The number of benzene rings is 2. The summed E-state index contributed by atoms with van der Waals surface area (Å²) in [7, 11) is 0.571. The molecule has 0 aliphatic heterocycles. The van der Waals surface area contributed by atoms with Crippen LogP contribution >= 0.6 is 11.6 Å². The fraction of sp³-hybridized carbons (Fsp3) is 0.263. The van der Waals surface area contributed by atoms with Crippen LogP contribution in [0, 0.1) is 0 Å². The second kappa shape index (κ2) is 8.72. The Balaban J connectivity index is 2.21. The molecule has 0 saturated carbocycles. The number of esters is 1. The van der Waals surface area contributed by atoms with Gasteiger partial charge in [-0.25, -0.2) is 17.5 Å². The van der Waals surface area contributed by atoms with Crippen molar-refractivity contribution in [1.29, 1.82) is 0 Å². The Hall–Kier alpha value is -2.42. The molecule has 0 N–H and O–H groups in total. The van der Waals surface area contributed by atoms with E-state index in [1.165, 1.54) is 38.1 Å². The first-order chi connectivity index (χ1) is 13.1. The minimum absolute atomic E-state index is 0.0266. The maximum absolute atomic E-state index is 12.5. The summed E-state index contributed by atoms with van der Waals surface area (Å²) >= 11 is 6.04. The Kier molecular flexibility index (Phi) is 6.82. The van der Waals surface area contributed by atoms with E-state index in [9.17, 15) is 18.0 Å². The highest BCUT2D eigenvalue weighted by Gasteiger charge is 2.26. The molecule has 7 nitrogen and oxygen atoms in total. The number of rotatable bonds is 6. The molecule has 1 atom stereocenters. The summed E-state index contributed by atoms with van der Waals surface area (Å²) < 4.78 is 30.8. The molecule has 0 aromatic heterocycles. The number of carbonyl (C=O) groups excluding carboxylic acids is 2. The lowest BCUT2D eigenvalue weighted by atomic mass is 10.2. The Morgan fingerprint density at radius 3 is 2.21 bits per heavy atom. The number of likely N-dealkylation sites (N-methyl/N-ethyl adjacent to an activating group) is 1. The first-order valence-corrected chi connectivity index (χ1v) is 10.1. The van der Waals surface area contributed by atoms with Gasteiger partial charge in [-0.2, -0.15) is 0 Å². The summed E-state index contributed by atoms with van der Waals surface area (Å²) in [4.78, 5) is 26.3. The van der Waals surface area contributed by atoms with Crippen molar-refractivity contribution in [3.05, 3.63) is 59.1 Å². The van der Waals surface area contributed by atoms with Gasteiger partial charge in [0.1, 0.15) is 0 Å². The van der Waals surface area contributed by atoms with Gasteiger partial charge in [-0.05, 0) is 37.3 Å². The molecule has 9 heteroatoms. The third-order valence-corrected chi connectivity index (χ3v) is 6.18. The van der Waals surface area contributed by atoms with Crippen molar-refractivity contribution in [1.82, 2.24) is 4.31 Å². The molecule has 150 valence electrons. The third-order valence-electron chi connectivity index (χ3n) is 4.04. The van der Waals surface area contributed by atoms with E-state index in [-0.39, 0.29) is 15.5 Å². The molecule has 0 aliphatic carbocycles. The topological polar surface area (TPSA) is 84.0 Å². The van der Waals surface area contributed by atoms with Crippen LogP contribution < -0.4 is 4.90 Å². The largest absolute Gasteiger partial charge is 0.449 e. The number of halogens is 1. The molecule has 0 unspecified atom stereocenters. The number of hydrogen-bond acceptors (Lipinski definition) is 5. The monoisotopic (exact) mass is 424 g/mol. The van der Waals surface area contributed by atoms with E-state index in [1.807, 2.05) is 6.07 Å². The predicted octanol–water partition coefficient (Wildman–Crippen LogP) is 2.80. The highest BCUT2D eigenvalue weighted by Crippen LogP contribution is 2.23. The average molecular weight is 425 g/mol. The van der Waals surface area contributed by atoms with Crippen molar-refractivity contribution in [2.24, 2.45) is 0 Å². The second-order valence-corrected chi connectivity index (χ2v) is 8.77. The molecule has 28 heavy (non-hydrogen) atoms. The molecule has 0 heterocycles. The minimum Gasteiger partial charge on any atom is -0.449 e. The highest BCUT2D eigenvalue weighted by atomic mass is 35.5. The Morgan fingerprint density at radius 1 is 1.04 bits per heavy atom. The van der Waals surface area contributed by atoms with Gasteiger partial charge < -0.3 is 9.64 Å². The van der Waals surface area contributed by atoms with Crippen molar-refractivity contribution in [2.75, 3.05) is 26.0 Å². The molecule has 2 aromatic rings. The van der Waals surface area contributed by atoms with Crippen molar-refractivity contribution < 1.29 is 22.7 Å². The van der Waals surface area contributed by atoms with Gasteiger partial charge in [0.15, 0.2) is 6.10 Å². The summed E-state index contributed by atoms with van der Waals surface area (Å²) in [6.45, 7) is 1.44. The van der Waals surface area contributed by atoms with Crippen LogP contribution in [-0.4, -0.2) is 51.8 Å². The quantitative estimate of drug-likeness (QED) is 0.666. The molecule has 0 bridgehead atoms. The number of amides is 1. The van der Waals surface area contributed by atoms with E-state index in [0.717, 1.165) is 10.4 Å². The number of hydrogen-bond donors (Lipinski definition) is 0. The van der Waals surface area contributed by atoms with Gasteiger partial charge >= 0.3 is 5.97 Å². The van der Waals surface area contributed by atoms with Crippen LogP contribution in [0.3, 0.4) is 0 Å². The van der Waals surface area contributed by atoms with Gasteiger partial charge in [0.05, 0.1) is 15.5 Å². The first-order valence-electron chi connectivity index (χ1n) is 8.31. The number of nitrogens with zero attached hydrogens (tertiary/aromatic N) is 2. The zero-order valence-electron chi connectivity index (χ0n) is 15.9. The Morgan fingerprint density at radius 2 is 1.64 bits per heavy atom. The van der Waals surface area contributed by atoms with E-state index in [4.69, 9.17) is 16.3 Å². The van der Waals surface area contributed by atoms with Gasteiger partial charge in [0.25, 0.3) is 5.91 Å². The number of para-hydroxylation sites is 1. The predicted molar refractivity (Wildman–Crippen MR) is 107 cm³/mol. The summed E-state index contributed by atoms with van der Waals surface area (Å²) in [6, 6.07) is 12.6. The summed E-state index contributed by atoms with van der Waals surface area (Å²) in [5.41, 5.74) is 0.513. The Labute approximate surface area is 169 Å². The van der Waals surface area contributed by atoms with Gasteiger partial charge in [-0.3, -0.25) is 4.79 Å². The second-order valence-electron chi connectivity index (χ2n) is 6.21. The maximum Gasteiger partial charge on any atom is 0.340 e. The normalized spacial score (nSPS) is 12.5. The first kappa shape index (κ1) is 21.9. The summed E-state index contributed by atoms with van der Waals surface area (Å²) in [6.07, 6.45) is -1.09. The average Bonchev–Trinajstić information content (AvgIpc) is 2.67. The number of anilines is 1. The van der Waals surface area contributed by atoms with E-state index in [0.29, 0.717) is 5.69 Å². The van der Waals surface area contributed by atoms with Crippen LogP contribution in [0.1, 0.15) is 17.3 Å². The molecular weight excluding hydrogens is 404 g/mol. The standard InChI is InChI=1S/C19H21ClN2O5S/c1-13(18(23)22(4)14-8-6-5-7-9-14)27-19(24)16-12-15(10-11-17(16)20)28(25,26)21(2)3/h5-13H,1-4H3/t13-/m1/s1. The maximum atomic E-state index is 12.5. The molecule has 0 aliphatic rings. The van der Waals surface area contributed by atoms with E-state index >= 15 is 0 Å². The highest BCUT2D eigenvalue weighted by molar-refractivity contribution is 7.89. The van der Waals surface area contributed by atoms with E-state index in [1.54, 1.807) is 31.3 Å². The fourth-order valence-corrected chi connectivity index (χ4v) is 3.48. The number of sulfonamides is 1. The van der Waals surface area contributed by atoms with Crippen molar-refractivity contribution >= 4 is 39.2 Å². The van der Waals surface area contributed by atoms with Crippen LogP contribution in [-0.2, 0) is 19.6 Å². The zero-order valence-corrected chi connectivity index (χ0v) is 17.5. The van der Waals surface area contributed by atoms with Crippen LogP contribution in [0.15, 0.2) is 53.4 Å². The van der Waals surface area contributed by atoms with Gasteiger partial charge in [0, 0.05) is 26.8 Å². The third kappa shape index (κ3) is 4.70. The van der Waals surface area contributed by atoms with Crippen molar-refractivity contribution in [3.8, 4) is 0 Å². The summed E-state index contributed by atoms with van der Waals surface area (Å²) in [5.74, 6) is -1.32. The molecular formula is C19H21ClN2O5S. The smallest absolute Gasteiger partial charge is 0.340 e. The van der Waals surface area contributed by atoms with Crippen LogP contribution in [0.2, 0.25) is 5.02 Å². The van der Waals surface area contributed by atoms with Gasteiger partial charge in [0.2, 0.25) is 10.0 Å². The van der Waals surface area contributed by atoms with Gasteiger partial charge in [-0.1, -0.05) is 29.8 Å². The van der Waals surface area contributed by atoms with Crippen LogP contribution in [0.25, 0.3) is 0 Å². The molecule has 1 amide bonds. The van der Waals surface area contributed by atoms with Crippen molar-refractivity contribution in [3.63, 3.8) is 0 Å².